The summed E-state index contributed by atoms with van der Waals surface area (Å²) in [4.78, 5) is 38.2. The molecule has 5 nitrogen and oxygen atoms in total. The molecule has 0 atom stereocenters. The van der Waals surface area contributed by atoms with Crippen molar-refractivity contribution in [1.29, 1.82) is 0 Å². The lowest BCUT2D eigenvalue weighted by atomic mass is 9.82. The highest BCUT2D eigenvalue weighted by atomic mass is 35.5. The molecular weight excluding hydrogens is 292 g/mol. The maximum Gasteiger partial charge on any atom is 0.335 e. The van der Waals surface area contributed by atoms with Gasteiger partial charge in [0.2, 0.25) is 5.91 Å². The second-order valence-electron chi connectivity index (χ2n) is 5.62. The van der Waals surface area contributed by atoms with Gasteiger partial charge in [0.25, 0.3) is 5.91 Å². The molecule has 1 aromatic rings. The van der Waals surface area contributed by atoms with Crippen LogP contribution >= 0.6 is 11.6 Å². The zero-order valence-corrected chi connectivity index (χ0v) is 12.4. The van der Waals surface area contributed by atoms with E-state index in [1.807, 2.05) is 0 Å². The van der Waals surface area contributed by atoms with Crippen LogP contribution in [0.1, 0.15) is 31.2 Å². The van der Waals surface area contributed by atoms with Crippen molar-refractivity contribution in [3.63, 3.8) is 0 Å². The van der Waals surface area contributed by atoms with E-state index in [0.29, 0.717) is 23.6 Å². The molecule has 1 heterocycles. The summed E-state index contributed by atoms with van der Waals surface area (Å²) in [6, 6.07) is 4.32. The van der Waals surface area contributed by atoms with Crippen LogP contribution < -0.4 is 10.2 Å². The normalized spacial score (nSPS) is 21.0. The first-order valence-electron chi connectivity index (χ1n) is 6.92. The Labute approximate surface area is 127 Å². The van der Waals surface area contributed by atoms with Crippen molar-refractivity contribution in [1.82, 2.24) is 5.32 Å². The molecule has 1 saturated carbocycles. The average molecular weight is 307 g/mol. The van der Waals surface area contributed by atoms with E-state index in [9.17, 15) is 14.4 Å². The third-order valence-electron chi connectivity index (χ3n) is 4.34. The van der Waals surface area contributed by atoms with Crippen molar-refractivity contribution >= 4 is 35.1 Å². The lowest BCUT2D eigenvalue weighted by Crippen LogP contribution is -2.63. The number of nitrogens with zero attached hydrogens (tertiary/aromatic N) is 1. The molecule has 1 saturated heterocycles. The molecule has 2 fully saturated rings. The van der Waals surface area contributed by atoms with Gasteiger partial charge in [0.1, 0.15) is 5.41 Å². The largest absolute Gasteiger partial charge is 0.335 e. The molecule has 0 aromatic heterocycles. The number of barbiturate groups is 1. The summed E-state index contributed by atoms with van der Waals surface area (Å²) in [5, 5.41) is 2.76. The minimum Gasteiger partial charge on any atom is -0.276 e. The second-order valence-corrected chi connectivity index (χ2v) is 6.06. The molecule has 1 aliphatic heterocycles. The van der Waals surface area contributed by atoms with Gasteiger partial charge in [0.15, 0.2) is 0 Å². The third-order valence-corrected chi connectivity index (χ3v) is 4.57. The van der Waals surface area contributed by atoms with Crippen LogP contribution in [0.15, 0.2) is 18.2 Å². The van der Waals surface area contributed by atoms with Crippen LogP contribution in [-0.2, 0) is 9.59 Å². The number of hydrogen-bond donors (Lipinski definition) is 1. The van der Waals surface area contributed by atoms with Gasteiger partial charge >= 0.3 is 6.03 Å². The molecule has 2 aliphatic rings. The molecule has 3 rings (SSSR count). The number of carbonyl (C=O) groups excluding carboxylic acids is 3. The Hall–Kier alpha value is -1.88. The molecule has 1 spiro atoms. The number of imide groups is 2. The highest BCUT2D eigenvalue weighted by molar-refractivity contribution is 6.33. The van der Waals surface area contributed by atoms with Gasteiger partial charge < -0.3 is 0 Å². The van der Waals surface area contributed by atoms with E-state index < -0.39 is 23.3 Å². The molecule has 0 bridgehead atoms. The monoisotopic (exact) mass is 306 g/mol. The first-order valence-corrected chi connectivity index (χ1v) is 7.30. The molecule has 1 aliphatic carbocycles. The number of amides is 4. The van der Waals surface area contributed by atoms with E-state index in [-0.39, 0.29) is 0 Å². The number of halogens is 1. The summed E-state index contributed by atoms with van der Waals surface area (Å²) >= 11 is 5.97. The van der Waals surface area contributed by atoms with E-state index in [1.165, 1.54) is 0 Å². The SMILES string of the molecule is Cc1ccc(Cl)cc1N1C(=O)NC(=O)C2(CCCC2)C1=O. The highest BCUT2D eigenvalue weighted by Gasteiger charge is 2.55. The number of rotatable bonds is 1. The van der Waals surface area contributed by atoms with Gasteiger partial charge in [-0.2, -0.15) is 0 Å². The number of carbonyl (C=O) groups is 3. The van der Waals surface area contributed by atoms with Crippen molar-refractivity contribution in [2.75, 3.05) is 4.90 Å². The predicted octanol–water partition coefficient (Wildman–Crippen LogP) is 2.79. The molecule has 0 unspecified atom stereocenters. The minimum absolute atomic E-state index is 0.431. The first kappa shape index (κ1) is 14.1. The minimum atomic E-state index is -1.09. The molecule has 21 heavy (non-hydrogen) atoms. The molecule has 4 amide bonds. The lowest BCUT2D eigenvalue weighted by Gasteiger charge is -2.37. The van der Waals surface area contributed by atoms with Crippen LogP contribution in [-0.4, -0.2) is 17.8 Å². The molecule has 6 heteroatoms. The fourth-order valence-electron chi connectivity index (χ4n) is 3.14. The zero-order valence-electron chi connectivity index (χ0n) is 11.6. The Balaban J connectivity index is 2.09. The van der Waals surface area contributed by atoms with Crippen LogP contribution in [0.4, 0.5) is 10.5 Å². The van der Waals surface area contributed by atoms with Crippen LogP contribution in [0.25, 0.3) is 0 Å². The van der Waals surface area contributed by atoms with Crippen LogP contribution in [0.3, 0.4) is 0 Å². The average Bonchev–Trinajstić information content (AvgIpc) is 2.92. The predicted molar refractivity (Wildman–Crippen MR) is 78.1 cm³/mol. The van der Waals surface area contributed by atoms with E-state index in [0.717, 1.165) is 23.3 Å². The summed E-state index contributed by atoms with van der Waals surface area (Å²) < 4.78 is 0. The van der Waals surface area contributed by atoms with Gasteiger partial charge in [0.05, 0.1) is 5.69 Å². The Morgan fingerprint density at radius 1 is 1.19 bits per heavy atom. The second kappa shape index (κ2) is 4.84. The van der Waals surface area contributed by atoms with Gasteiger partial charge in [-0.3, -0.25) is 14.9 Å². The summed E-state index contributed by atoms with van der Waals surface area (Å²) in [7, 11) is 0. The Morgan fingerprint density at radius 2 is 1.86 bits per heavy atom. The van der Waals surface area contributed by atoms with E-state index in [2.05, 4.69) is 5.32 Å². The van der Waals surface area contributed by atoms with Gasteiger partial charge in [-0.15, -0.1) is 0 Å². The van der Waals surface area contributed by atoms with Crippen LogP contribution in [0.5, 0.6) is 0 Å². The van der Waals surface area contributed by atoms with Crippen molar-refractivity contribution in [2.24, 2.45) is 5.41 Å². The van der Waals surface area contributed by atoms with E-state index in [4.69, 9.17) is 11.6 Å². The fourth-order valence-corrected chi connectivity index (χ4v) is 3.30. The maximum atomic E-state index is 12.8. The molecular formula is C15H15ClN2O3. The van der Waals surface area contributed by atoms with Crippen molar-refractivity contribution in [3.05, 3.63) is 28.8 Å². The topological polar surface area (TPSA) is 66.5 Å². The lowest BCUT2D eigenvalue weighted by molar-refractivity contribution is -0.142. The standard InChI is InChI=1S/C15H15ClN2O3/c1-9-4-5-10(16)8-11(9)18-13(20)15(6-2-3-7-15)12(19)17-14(18)21/h4-5,8H,2-3,6-7H2,1H3,(H,17,19,21). The molecule has 0 radical (unpaired) electrons. The summed E-state index contributed by atoms with van der Waals surface area (Å²) in [5.74, 6) is -0.898. The van der Waals surface area contributed by atoms with Gasteiger partial charge in [0, 0.05) is 5.02 Å². The van der Waals surface area contributed by atoms with Crippen LogP contribution in [0.2, 0.25) is 5.02 Å². The summed E-state index contributed by atoms with van der Waals surface area (Å²) in [6.45, 7) is 1.80. The van der Waals surface area contributed by atoms with Gasteiger partial charge in [-0.05, 0) is 37.5 Å². The zero-order chi connectivity index (χ0) is 15.2. The number of benzene rings is 1. The highest BCUT2D eigenvalue weighted by Crippen LogP contribution is 2.43. The third kappa shape index (κ3) is 2.03. The number of hydrogen-bond acceptors (Lipinski definition) is 3. The maximum absolute atomic E-state index is 12.8. The van der Waals surface area contributed by atoms with Crippen molar-refractivity contribution in [3.8, 4) is 0 Å². The Morgan fingerprint density at radius 3 is 2.52 bits per heavy atom. The van der Waals surface area contributed by atoms with Crippen molar-refractivity contribution < 1.29 is 14.4 Å². The number of anilines is 1. The van der Waals surface area contributed by atoms with Gasteiger partial charge in [-0.1, -0.05) is 30.5 Å². The van der Waals surface area contributed by atoms with E-state index in [1.54, 1.807) is 25.1 Å². The quantitative estimate of drug-likeness (QED) is 0.811. The molecule has 1 N–H and O–H groups in total. The summed E-state index contributed by atoms with van der Waals surface area (Å²) in [5.41, 5.74) is 0.0945. The van der Waals surface area contributed by atoms with Crippen LogP contribution in [0, 0.1) is 12.3 Å². The van der Waals surface area contributed by atoms with Crippen molar-refractivity contribution in [2.45, 2.75) is 32.6 Å². The summed E-state index contributed by atoms with van der Waals surface area (Å²) in [6.07, 6.45) is 2.60. The molecule has 1 aromatic carbocycles. The molecule has 110 valence electrons. The van der Waals surface area contributed by atoms with E-state index >= 15 is 0 Å². The number of aryl methyl sites for hydroxylation is 1. The van der Waals surface area contributed by atoms with Gasteiger partial charge in [-0.25, -0.2) is 9.69 Å². The Bertz CT molecular complexity index is 650. The smallest absolute Gasteiger partial charge is 0.276 e. The fraction of sp³-hybridized carbons (Fsp3) is 0.400. The Kier molecular flexibility index (Phi) is 3.24. The number of nitrogens with one attached hydrogen (secondary N) is 1. The first-order chi connectivity index (χ1) is 9.95. The number of urea groups is 1.